The quantitative estimate of drug-likeness (QED) is 0.766. The van der Waals surface area contributed by atoms with Crippen LogP contribution in [0.5, 0.6) is 5.75 Å². The molecular formula is C19H23F3N2O5. The van der Waals surface area contributed by atoms with Gasteiger partial charge < -0.3 is 24.4 Å². The number of β-amino-alcohol motifs (C(OH)–C–C–N with tert-alkyl or cyclic N) is 1. The molecule has 2 fully saturated rings. The number of hydrogen-bond acceptors (Lipinski definition) is 5. The first-order valence-corrected chi connectivity index (χ1v) is 9.31. The molecule has 3 unspecified atom stereocenters. The molecule has 1 aromatic rings. The number of carbonyl (C=O) groups excluding carboxylic acids is 2. The lowest BCUT2D eigenvalue weighted by Gasteiger charge is -2.38. The molecule has 2 aliphatic rings. The molecule has 1 N–H and O–H groups in total. The van der Waals surface area contributed by atoms with Gasteiger partial charge in [0.15, 0.2) is 0 Å². The summed E-state index contributed by atoms with van der Waals surface area (Å²) in [5.41, 5.74) is 0.701. The van der Waals surface area contributed by atoms with Crippen molar-refractivity contribution in [3.05, 3.63) is 29.8 Å². The van der Waals surface area contributed by atoms with Crippen LogP contribution < -0.4 is 4.74 Å². The summed E-state index contributed by atoms with van der Waals surface area (Å²) < 4.78 is 45.8. The second kappa shape index (κ2) is 8.48. The van der Waals surface area contributed by atoms with Crippen LogP contribution in [0.25, 0.3) is 0 Å². The normalized spacial score (nSPS) is 25.1. The Hall–Kier alpha value is -2.49. The number of aliphatic hydroxyl groups is 1. The van der Waals surface area contributed by atoms with Crippen LogP contribution in [0.1, 0.15) is 24.3 Å². The highest BCUT2D eigenvalue weighted by Gasteiger charge is 2.38. The fourth-order valence-electron chi connectivity index (χ4n) is 3.89. The van der Waals surface area contributed by atoms with Crippen LogP contribution in [0, 0.1) is 5.92 Å². The standard InChI is InChI=1S/C19H23F3N2O5/c1-28-17(26)14-8-13(12-2-4-16(5-3-12)29-19(20,21)22)9-24(10-14)18(27)23-7-6-15(25)11-23/h2-5,13-15,25H,6-11H2,1H3. The summed E-state index contributed by atoms with van der Waals surface area (Å²) in [5.74, 6) is -1.56. The lowest BCUT2D eigenvalue weighted by Crippen LogP contribution is -2.50. The largest absolute Gasteiger partial charge is 0.573 e. The number of likely N-dealkylation sites (tertiary alicyclic amines) is 2. The molecule has 0 radical (unpaired) electrons. The maximum Gasteiger partial charge on any atom is 0.573 e. The summed E-state index contributed by atoms with van der Waals surface area (Å²) >= 11 is 0. The lowest BCUT2D eigenvalue weighted by atomic mass is 9.84. The molecule has 0 aromatic heterocycles. The van der Waals surface area contributed by atoms with Gasteiger partial charge in [-0.05, 0) is 30.5 Å². The van der Waals surface area contributed by atoms with Gasteiger partial charge in [0.05, 0.1) is 19.1 Å². The first-order chi connectivity index (χ1) is 13.7. The Morgan fingerprint density at radius 3 is 2.34 bits per heavy atom. The fourth-order valence-corrected chi connectivity index (χ4v) is 3.89. The number of aliphatic hydroxyl groups excluding tert-OH is 1. The third-order valence-electron chi connectivity index (χ3n) is 5.27. The maximum atomic E-state index is 12.8. The molecule has 3 atom stereocenters. The predicted octanol–water partition coefficient (Wildman–Crippen LogP) is 2.35. The number of piperidine rings is 1. The Morgan fingerprint density at radius 1 is 1.10 bits per heavy atom. The van der Waals surface area contributed by atoms with Crippen LogP contribution in [-0.4, -0.2) is 72.7 Å². The summed E-state index contributed by atoms with van der Waals surface area (Å²) in [6, 6.07) is 5.18. The van der Waals surface area contributed by atoms with Crippen LogP contribution >= 0.6 is 0 Å². The number of carbonyl (C=O) groups is 2. The minimum absolute atomic E-state index is 0.198. The van der Waals surface area contributed by atoms with Gasteiger partial charge >= 0.3 is 18.4 Å². The van der Waals surface area contributed by atoms with Gasteiger partial charge in [-0.25, -0.2) is 4.79 Å². The van der Waals surface area contributed by atoms with Crippen molar-refractivity contribution in [3.8, 4) is 5.75 Å². The molecule has 0 bridgehead atoms. The van der Waals surface area contributed by atoms with E-state index in [1.165, 1.54) is 31.4 Å². The minimum Gasteiger partial charge on any atom is -0.469 e. The molecule has 2 aliphatic heterocycles. The monoisotopic (exact) mass is 416 g/mol. The van der Waals surface area contributed by atoms with E-state index in [2.05, 4.69) is 4.74 Å². The number of halogens is 3. The van der Waals surface area contributed by atoms with E-state index in [1.54, 1.807) is 9.80 Å². The van der Waals surface area contributed by atoms with Gasteiger partial charge in [0.25, 0.3) is 0 Å². The summed E-state index contributed by atoms with van der Waals surface area (Å²) in [4.78, 5) is 28.1. The van der Waals surface area contributed by atoms with Crippen LogP contribution in [0.2, 0.25) is 0 Å². The Morgan fingerprint density at radius 2 is 1.79 bits per heavy atom. The third-order valence-corrected chi connectivity index (χ3v) is 5.27. The molecular weight excluding hydrogens is 393 g/mol. The maximum absolute atomic E-state index is 12.8. The minimum atomic E-state index is -4.77. The smallest absolute Gasteiger partial charge is 0.469 e. The molecule has 2 heterocycles. The van der Waals surface area contributed by atoms with Crippen molar-refractivity contribution in [2.75, 3.05) is 33.3 Å². The fraction of sp³-hybridized carbons (Fsp3) is 0.579. The summed E-state index contributed by atoms with van der Waals surface area (Å²) in [7, 11) is 1.28. The highest BCUT2D eigenvalue weighted by molar-refractivity contribution is 5.78. The molecule has 10 heteroatoms. The number of alkyl halides is 3. The molecule has 3 rings (SSSR count). The van der Waals surface area contributed by atoms with Crippen molar-refractivity contribution in [1.82, 2.24) is 9.80 Å². The highest BCUT2D eigenvalue weighted by atomic mass is 19.4. The average Bonchev–Trinajstić information content (AvgIpc) is 3.12. The van der Waals surface area contributed by atoms with Gasteiger partial charge in [0.1, 0.15) is 5.75 Å². The Kier molecular flexibility index (Phi) is 6.21. The van der Waals surface area contributed by atoms with Gasteiger partial charge in [0.2, 0.25) is 0 Å². The Labute approximate surface area is 166 Å². The van der Waals surface area contributed by atoms with E-state index in [-0.39, 0.29) is 30.8 Å². The number of nitrogens with zero attached hydrogens (tertiary/aromatic N) is 2. The van der Waals surface area contributed by atoms with Crippen molar-refractivity contribution in [1.29, 1.82) is 0 Å². The molecule has 0 spiro atoms. The topological polar surface area (TPSA) is 79.3 Å². The number of rotatable bonds is 3. The second-order valence-corrected chi connectivity index (χ2v) is 7.35. The van der Waals surface area contributed by atoms with Gasteiger partial charge in [0, 0.05) is 32.1 Å². The second-order valence-electron chi connectivity index (χ2n) is 7.35. The van der Waals surface area contributed by atoms with Crippen molar-refractivity contribution in [3.63, 3.8) is 0 Å². The van der Waals surface area contributed by atoms with Crippen LogP contribution in [0.3, 0.4) is 0 Å². The number of benzene rings is 1. The van der Waals surface area contributed by atoms with Crippen LogP contribution in [-0.2, 0) is 9.53 Å². The SMILES string of the molecule is COC(=O)C1CC(c2ccc(OC(F)(F)F)cc2)CN(C(=O)N2CCC(O)C2)C1. The summed E-state index contributed by atoms with van der Waals surface area (Å²) in [6.45, 7) is 1.20. The summed E-state index contributed by atoms with van der Waals surface area (Å²) in [5, 5.41) is 9.68. The molecule has 7 nitrogen and oxygen atoms in total. The van der Waals surface area contributed by atoms with Crippen molar-refractivity contribution >= 4 is 12.0 Å². The van der Waals surface area contributed by atoms with Gasteiger partial charge in [-0.15, -0.1) is 13.2 Å². The van der Waals surface area contributed by atoms with Crippen LogP contribution in [0.4, 0.5) is 18.0 Å². The number of amides is 2. The predicted molar refractivity (Wildman–Crippen MR) is 95.2 cm³/mol. The molecule has 0 aliphatic carbocycles. The third kappa shape index (κ3) is 5.31. The zero-order valence-corrected chi connectivity index (χ0v) is 15.9. The molecule has 2 saturated heterocycles. The number of urea groups is 1. The van der Waals surface area contributed by atoms with E-state index in [9.17, 15) is 27.9 Å². The van der Waals surface area contributed by atoms with Crippen molar-refractivity contribution in [2.45, 2.75) is 31.2 Å². The van der Waals surface area contributed by atoms with E-state index < -0.39 is 24.4 Å². The van der Waals surface area contributed by atoms with Crippen LogP contribution in [0.15, 0.2) is 24.3 Å². The summed E-state index contributed by atoms with van der Waals surface area (Å²) in [6.07, 6.45) is -4.41. The number of ether oxygens (including phenoxy) is 2. The first kappa shape index (κ1) is 21.2. The number of hydrogen-bond donors (Lipinski definition) is 1. The number of esters is 1. The molecule has 0 saturated carbocycles. The van der Waals surface area contributed by atoms with E-state index in [4.69, 9.17) is 4.74 Å². The van der Waals surface area contributed by atoms with Crippen molar-refractivity contribution in [2.24, 2.45) is 5.92 Å². The molecule has 29 heavy (non-hydrogen) atoms. The Balaban J connectivity index is 1.76. The Bertz CT molecular complexity index is 740. The van der Waals surface area contributed by atoms with E-state index in [0.717, 1.165) is 0 Å². The number of methoxy groups -OCH3 is 1. The van der Waals surface area contributed by atoms with E-state index in [1.807, 2.05) is 0 Å². The van der Waals surface area contributed by atoms with Gasteiger partial charge in [-0.2, -0.15) is 0 Å². The zero-order chi connectivity index (χ0) is 21.2. The highest BCUT2D eigenvalue weighted by Crippen LogP contribution is 2.33. The van der Waals surface area contributed by atoms with Gasteiger partial charge in [-0.3, -0.25) is 4.79 Å². The molecule has 2 amide bonds. The van der Waals surface area contributed by atoms with Crippen molar-refractivity contribution < 1.29 is 37.3 Å². The average molecular weight is 416 g/mol. The van der Waals surface area contributed by atoms with E-state index in [0.29, 0.717) is 31.5 Å². The molecule has 1 aromatic carbocycles. The first-order valence-electron chi connectivity index (χ1n) is 9.31. The lowest BCUT2D eigenvalue weighted by molar-refractivity contribution is -0.274. The molecule has 160 valence electrons. The zero-order valence-electron chi connectivity index (χ0n) is 15.9. The van der Waals surface area contributed by atoms with Gasteiger partial charge in [-0.1, -0.05) is 12.1 Å². The van der Waals surface area contributed by atoms with E-state index >= 15 is 0 Å².